The van der Waals surface area contributed by atoms with Crippen LogP contribution in [0.15, 0.2) is 16.6 Å². The van der Waals surface area contributed by atoms with Crippen LogP contribution in [0, 0.1) is 10.8 Å². The van der Waals surface area contributed by atoms with E-state index in [-0.39, 0.29) is 18.1 Å². The van der Waals surface area contributed by atoms with Crippen molar-refractivity contribution in [3.63, 3.8) is 0 Å². The van der Waals surface area contributed by atoms with Crippen molar-refractivity contribution in [1.29, 1.82) is 0 Å². The van der Waals surface area contributed by atoms with Crippen molar-refractivity contribution in [2.24, 2.45) is 11.2 Å². The van der Waals surface area contributed by atoms with Gasteiger partial charge in [-0.15, -0.1) is 4.91 Å². The third kappa shape index (κ3) is 2.49. The molecule has 18 heavy (non-hydrogen) atoms. The second kappa shape index (κ2) is 5.61. The van der Waals surface area contributed by atoms with Crippen LogP contribution in [0.5, 0.6) is 0 Å². The summed E-state index contributed by atoms with van der Waals surface area (Å²) < 4.78 is 4.94. The maximum absolute atomic E-state index is 11.9. The Bertz CT molecular complexity index is 403. The average molecular weight is 255 g/mol. The van der Waals surface area contributed by atoms with E-state index in [9.17, 15) is 14.5 Å². The van der Waals surface area contributed by atoms with Crippen LogP contribution < -0.4 is 5.32 Å². The van der Waals surface area contributed by atoms with Crippen molar-refractivity contribution in [3.05, 3.63) is 16.2 Å². The van der Waals surface area contributed by atoms with Gasteiger partial charge in [0, 0.05) is 5.70 Å². The predicted octanol–water partition coefficient (Wildman–Crippen LogP) is 1.55. The Kier molecular flexibility index (Phi) is 4.41. The number of urea groups is 1. The zero-order valence-electron chi connectivity index (χ0n) is 10.9. The number of allylic oxidation sites excluding steroid dienone is 1. The van der Waals surface area contributed by atoms with E-state index in [4.69, 9.17) is 4.74 Å². The number of ether oxygens (including phenoxy) is 1. The molecule has 7 heteroatoms. The van der Waals surface area contributed by atoms with E-state index < -0.39 is 18.0 Å². The van der Waals surface area contributed by atoms with Crippen LogP contribution in [-0.4, -0.2) is 29.7 Å². The van der Waals surface area contributed by atoms with Crippen molar-refractivity contribution < 1.29 is 14.3 Å². The first-order valence-corrected chi connectivity index (χ1v) is 5.75. The number of hydrogen-bond donors (Lipinski definition) is 1. The van der Waals surface area contributed by atoms with Crippen molar-refractivity contribution in [2.45, 2.75) is 33.7 Å². The van der Waals surface area contributed by atoms with Gasteiger partial charge in [0.05, 0.1) is 23.5 Å². The van der Waals surface area contributed by atoms with E-state index in [0.29, 0.717) is 5.70 Å². The van der Waals surface area contributed by atoms with Gasteiger partial charge in [0.1, 0.15) is 0 Å². The summed E-state index contributed by atoms with van der Waals surface area (Å²) in [5, 5.41) is 5.85. The Balaban J connectivity index is 3.23. The number of carbonyl (C=O) groups is 2. The van der Waals surface area contributed by atoms with Crippen molar-refractivity contribution in [1.82, 2.24) is 10.3 Å². The number of nitrogens with zero attached hydrogens (tertiary/aromatic N) is 2. The van der Waals surface area contributed by atoms with Gasteiger partial charge in [-0.05, 0) is 19.8 Å². The van der Waals surface area contributed by atoms with Crippen LogP contribution in [0.1, 0.15) is 27.7 Å². The minimum absolute atomic E-state index is 0.136. The van der Waals surface area contributed by atoms with Gasteiger partial charge in [0.15, 0.2) is 0 Å². The molecule has 1 heterocycles. The van der Waals surface area contributed by atoms with E-state index in [2.05, 4.69) is 10.6 Å². The summed E-state index contributed by atoms with van der Waals surface area (Å²) in [5.41, 5.74) is 0.670. The third-order valence-corrected chi connectivity index (χ3v) is 2.68. The lowest BCUT2D eigenvalue weighted by atomic mass is 9.92. The Hall–Kier alpha value is -1.92. The molecule has 1 unspecified atom stereocenters. The van der Waals surface area contributed by atoms with Gasteiger partial charge in [-0.2, -0.15) is 5.01 Å². The van der Waals surface area contributed by atoms with E-state index in [0.717, 1.165) is 5.01 Å². The first-order valence-electron chi connectivity index (χ1n) is 5.75. The van der Waals surface area contributed by atoms with E-state index in [1.807, 2.05) is 0 Å². The maximum atomic E-state index is 11.9. The lowest BCUT2D eigenvalue weighted by Crippen LogP contribution is -2.52. The fourth-order valence-corrected chi connectivity index (χ4v) is 1.94. The molecule has 1 rings (SSSR count). The quantitative estimate of drug-likeness (QED) is 0.609. The van der Waals surface area contributed by atoms with Gasteiger partial charge >= 0.3 is 12.0 Å². The minimum Gasteiger partial charge on any atom is -0.463 e. The molecule has 1 aliphatic rings. The molecule has 100 valence electrons. The molecule has 0 spiro atoms. The predicted molar refractivity (Wildman–Crippen MR) is 64.1 cm³/mol. The van der Waals surface area contributed by atoms with E-state index in [1.54, 1.807) is 27.7 Å². The van der Waals surface area contributed by atoms with E-state index >= 15 is 0 Å². The first-order chi connectivity index (χ1) is 8.43. The summed E-state index contributed by atoms with van der Waals surface area (Å²) in [6.45, 7) is 7.11. The Morgan fingerprint density at radius 1 is 1.56 bits per heavy atom. The number of carbonyl (C=O) groups excluding carboxylic acids is 2. The standard InChI is InChI=1S/C11H17N3O4/c1-5-18-10(15)8-7(4)12-11(16)14(13-17)9(8)6(2)3/h6,9H,5H2,1-4H3,(H,12,16). The Labute approximate surface area is 105 Å². The minimum atomic E-state index is -0.699. The van der Waals surface area contributed by atoms with Crippen LogP contribution >= 0.6 is 0 Å². The summed E-state index contributed by atoms with van der Waals surface area (Å²) in [4.78, 5) is 34.3. The number of nitrogens with one attached hydrogen (secondary N) is 1. The molecule has 0 bridgehead atoms. The smallest absolute Gasteiger partial charge is 0.345 e. The fourth-order valence-electron chi connectivity index (χ4n) is 1.94. The molecule has 0 radical (unpaired) electrons. The highest BCUT2D eigenvalue weighted by Gasteiger charge is 2.40. The molecular weight excluding hydrogens is 238 g/mol. The van der Waals surface area contributed by atoms with Crippen LogP contribution in [0.25, 0.3) is 0 Å². The van der Waals surface area contributed by atoms with Gasteiger partial charge in [0.25, 0.3) is 0 Å². The highest BCUT2D eigenvalue weighted by atomic mass is 16.5. The fraction of sp³-hybridized carbons (Fsp3) is 0.636. The molecule has 1 atom stereocenters. The van der Waals surface area contributed by atoms with Gasteiger partial charge in [0.2, 0.25) is 0 Å². The Morgan fingerprint density at radius 3 is 2.61 bits per heavy atom. The number of esters is 1. The largest absolute Gasteiger partial charge is 0.463 e. The lowest BCUT2D eigenvalue weighted by molar-refractivity contribution is -0.139. The SMILES string of the molecule is CCOC(=O)C1=C(C)NC(=O)N(N=O)C1C(C)C. The monoisotopic (exact) mass is 255 g/mol. The zero-order chi connectivity index (χ0) is 13.9. The highest BCUT2D eigenvalue weighted by Crippen LogP contribution is 2.26. The van der Waals surface area contributed by atoms with Crippen molar-refractivity contribution in [3.8, 4) is 0 Å². The van der Waals surface area contributed by atoms with Gasteiger partial charge < -0.3 is 10.1 Å². The van der Waals surface area contributed by atoms with Crippen LogP contribution in [0.4, 0.5) is 4.79 Å². The number of nitroso groups, excluding NO2 is 1. The molecule has 0 aromatic heterocycles. The molecule has 2 amide bonds. The molecule has 0 saturated carbocycles. The molecule has 1 aliphatic heterocycles. The summed E-state index contributed by atoms with van der Waals surface area (Å²) in [5.74, 6) is -0.676. The number of rotatable bonds is 4. The maximum Gasteiger partial charge on any atom is 0.345 e. The van der Waals surface area contributed by atoms with Crippen molar-refractivity contribution >= 4 is 12.0 Å². The lowest BCUT2D eigenvalue weighted by Gasteiger charge is -2.34. The molecule has 7 nitrogen and oxygen atoms in total. The number of hydrogen-bond acceptors (Lipinski definition) is 5. The highest BCUT2D eigenvalue weighted by molar-refractivity contribution is 5.94. The van der Waals surface area contributed by atoms with Crippen LogP contribution in [0.2, 0.25) is 0 Å². The van der Waals surface area contributed by atoms with Gasteiger partial charge in [-0.3, -0.25) is 0 Å². The molecular formula is C11H17N3O4. The summed E-state index contributed by atoms with van der Waals surface area (Å²) >= 11 is 0. The molecule has 0 fully saturated rings. The van der Waals surface area contributed by atoms with Crippen molar-refractivity contribution in [2.75, 3.05) is 6.61 Å². The second-order valence-corrected chi connectivity index (χ2v) is 4.30. The topological polar surface area (TPSA) is 88.1 Å². The molecule has 0 aromatic rings. The third-order valence-electron chi connectivity index (χ3n) is 2.68. The average Bonchev–Trinajstić information content (AvgIpc) is 2.27. The zero-order valence-corrected chi connectivity index (χ0v) is 10.9. The van der Waals surface area contributed by atoms with Crippen LogP contribution in [-0.2, 0) is 9.53 Å². The normalized spacial score (nSPS) is 19.9. The van der Waals surface area contributed by atoms with Gasteiger partial charge in [-0.1, -0.05) is 13.8 Å². The van der Waals surface area contributed by atoms with Crippen LogP contribution in [0.3, 0.4) is 0 Å². The first kappa shape index (κ1) is 14.1. The summed E-state index contributed by atoms with van der Waals surface area (Å²) in [6, 6.07) is -1.33. The Morgan fingerprint density at radius 2 is 2.17 bits per heavy atom. The molecule has 0 aliphatic carbocycles. The second-order valence-electron chi connectivity index (χ2n) is 4.30. The van der Waals surface area contributed by atoms with E-state index in [1.165, 1.54) is 0 Å². The summed E-state index contributed by atoms with van der Waals surface area (Å²) in [7, 11) is 0. The summed E-state index contributed by atoms with van der Waals surface area (Å²) in [6.07, 6.45) is 0. The molecule has 1 N–H and O–H groups in total. The molecule has 0 saturated heterocycles. The van der Waals surface area contributed by atoms with Gasteiger partial charge in [-0.25, -0.2) is 9.59 Å². The number of amides is 2. The molecule has 0 aromatic carbocycles.